The number of pyridine rings is 1. The lowest BCUT2D eigenvalue weighted by Crippen LogP contribution is -2.21. The summed E-state index contributed by atoms with van der Waals surface area (Å²) in [4.78, 5) is 28.4. The highest BCUT2D eigenvalue weighted by molar-refractivity contribution is 7.13. The fourth-order valence-corrected chi connectivity index (χ4v) is 3.48. The van der Waals surface area contributed by atoms with Gasteiger partial charge in [0.05, 0.1) is 11.9 Å². The van der Waals surface area contributed by atoms with Crippen molar-refractivity contribution in [3.8, 4) is 10.6 Å². The predicted molar refractivity (Wildman–Crippen MR) is 98.1 cm³/mol. The van der Waals surface area contributed by atoms with Crippen molar-refractivity contribution < 1.29 is 4.42 Å². The van der Waals surface area contributed by atoms with E-state index in [1.54, 1.807) is 41.3 Å². The topological polar surface area (TPSA) is 65.1 Å². The SMILES string of the molecule is Cc1cc(=O)oc2ccn(Cc3ccc(-c4nccs4)cc3)c(=O)c12. The molecule has 0 bridgehead atoms. The van der Waals surface area contributed by atoms with E-state index in [0.717, 1.165) is 16.1 Å². The highest BCUT2D eigenvalue weighted by atomic mass is 32.1. The van der Waals surface area contributed by atoms with E-state index >= 15 is 0 Å². The minimum Gasteiger partial charge on any atom is -0.422 e. The van der Waals surface area contributed by atoms with Crippen molar-refractivity contribution in [1.29, 1.82) is 0 Å². The Hall–Kier alpha value is -2.99. The number of aromatic nitrogens is 2. The number of benzene rings is 1. The highest BCUT2D eigenvalue weighted by Crippen LogP contribution is 2.22. The molecule has 0 aliphatic carbocycles. The molecular formula is C19H14N2O3S. The van der Waals surface area contributed by atoms with Crippen LogP contribution in [0.15, 0.2) is 68.2 Å². The van der Waals surface area contributed by atoms with Gasteiger partial charge >= 0.3 is 5.63 Å². The molecule has 1 aromatic carbocycles. The van der Waals surface area contributed by atoms with Gasteiger partial charge in [0.25, 0.3) is 5.56 Å². The van der Waals surface area contributed by atoms with Crippen molar-refractivity contribution in [1.82, 2.24) is 9.55 Å². The summed E-state index contributed by atoms with van der Waals surface area (Å²) in [5.41, 5.74) is 2.41. The molecule has 0 amide bonds. The van der Waals surface area contributed by atoms with Crippen LogP contribution in [-0.4, -0.2) is 9.55 Å². The largest absolute Gasteiger partial charge is 0.422 e. The zero-order valence-corrected chi connectivity index (χ0v) is 14.2. The van der Waals surface area contributed by atoms with Gasteiger partial charge in [-0.2, -0.15) is 0 Å². The first-order chi connectivity index (χ1) is 12.1. The molecule has 0 aliphatic rings. The minimum absolute atomic E-state index is 0.164. The van der Waals surface area contributed by atoms with E-state index in [1.807, 2.05) is 29.6 Å². The molecule has 0 spiro atoms. The maximum absolute atomic E-state index is 12.7. The second-order valence-corrected chi connectivity index (χ2v) is 6.67. The van der Waals surface area contributed by atoms with E-state index in [-0.39, 0.29) is 5.56 Å². The molecule has 0 unspecified atom stereocenters. The van der Waals surface area contributed by atoms with Crippen LogP contribution in [-0.2, 0) is 6.54 Å². The van der Waals surface area contributed by atoms with Gasteiger partial charge in [-0.05, 0) is 24.1 Å². The van der Waals surface area contributed by atoms with E-state index in [2.05, 4.69) is 4.98 Å². The maximum atomic E-state index is 12.7. The molecular weight excluding hydrogens is 336 g/mol. The lowest BCUT2D eigenvalue weighted by molar-refractivity contribution is 0.557. The molecule has 6 heteroatoms. The number of hydrogen-bond acceptors (Lipinski definition) is 5. The van der Waals surface area contributed by atoms with Crippen LogP contribution in [0.25, 0.3) is 21.5 Å². The van der Waals surface area contributed by atoms with E-state index in [4.69, 9.17) is 4.42 Å². The first-order valence-electron chi connectivity index (χ1n) is 7.74. The van der Waals surface area contributed by atoms with E-state index in [0.29, 0.717) is 23.1 Å². The first kappa shape index (κ1) is 15.5. The maximum Gasteiger partial charge on any atom is 0.336 e. The predicted octanol–water partition coefficient (Wildman–Crippen LogP) is 3.43. The Bertz CT molecular complexity index is 1160. The third-order valence-corrected chi connectivity index (χ3v) is 4.87. The van der Waals surface area contributed by atoms with Crippen LogP contribution in [0.1, 0.15) is 11.1 Å². The van der Waals surface area contributed by atoms with Crippen molar-refractivity contribution >= 4 is 22.3 Å². The van der Waals surface area contributed by atoms with Gasteiger partial charge in [-0.3, -0.25) is 4.79 Å². The summed E-state index contributed by atoms with van der Waals surface area (Å²) >= 11 is 1.59. The van der Waals surface area contributed by atoms with Crippen molar-refractivity contribution in [3.63, 3.8) is 0 Å². The molecule has 3 heterocycles. The molecule has 4 aromatic rings. The molecule has 0 N–H and O–H groups in total. The minimum atomic E-state index is -0.445. The van der Waals surface area contributed by atoms with E-state index < -0.39 is 5.63 Å². The monoisotopic (exact) mass is 350 g/mol. The summed E-state index contributed by atoms with van der Waals surface area (Å²) in [6, 6.07) is 11.0. The second kappa shape index (κ2) is 6.14. The summed E-state index contributed by atoms with van der Waals surface area (Å²) in [5.74, 6) is 0. The summed E-state index contributed by atoms with van der Waals surface area (Å²) in [6.45, 7) is 2.19. The van der Waals surface area contributed by atoms with Gasteiger partial charge in [-0.25, -0.2) is 9.78 Å². The number of fused-ring (bicyclic) bond motifs is 1. The number of rotatable bonds is 3. The number of nitrogens with zero attached hydrogens (tertiary/aromatic N) is 2. The fourth-order valence-electron chi connectivity index (χ4n) is 2.83. The van der Waals surface area contributed by atoms with Crippen LogP contribution >= 0.6 is 11.3 Å². The van der Waals surface area contributed by atoms with Crippen molar-refractivity contribution in [3.05, 3.63) is 86.1 Å². The smallest absolute Gasteiger partial charge is 0.336 e. The van der Waals surface area contributed by atoms with Gasteiger partial charge in [0.15, 0.2) is 0 Å². The van der Waals surface area contributed by atoms with E-state index in [1.165, 1.54) is 6.07 Å². The quantitative estimate of drug-likeness (QED) is 0.568. The highest BCUT2D eigenvalue weighted by Gasteiger charge is 2.09. The summed E-state index contributed by atoms with van der Waals surface area (Å²) in [7, 11) is 0. The number of hydrogen-bond donors (Lipinski definition) is 0. The molecule has 0 atom stereocenters. The Kier molecular flexibility index (Phi) is 3.82. The Labute approximate surface area is 146 Å². The second-order valence-electron chi connectivity index (χ2n) is 5.77. The van der Waals surface area contributed by atoms with Gasteiger partial charge in [-0.15, -0.1) is 11.3 Å². The average molecular weight is 350 g/mol. The third kappa shape index (κ3) is 2.92. The Balaban J connectivity index is 1.70. The zero-order chi connectivity index (χ0) is 17.4. The van der Waals surface area contributed by atoms with Crippen molar-refractivity contribution in [2.24, 2.45) is 0 Å². The lowest BCUT2D eigenvalue weighted by atomic mass is 10.1. The van der Waals surface area contributed by atoms with Crippen LogP contribution in [0.5, 0.6) is 0 Å². The van der Waals surface area contributed by atoms with Crippen LogP contribution in [0.3, 0.4) is 0 Å². The van der Waals surface area contributed by atoms with Crippen molar-refractivity contribution in [2.45, 2.75) is 13.5 Å². The zero-order valence-electron chi connectivity index (χ0n) is 13.4. The van der Waals surface area contributed by atoms with Crippen molar-refractivity contribution in [2.75, 3.05) is 0 Å². The fraction of sp³-hybridized carbons (Fsp3) is 0.105. The summed E-state index contributed by atoms with van der Waals surface area (Å²) in [5, 5.41) is 3.36. The average Bonchev–Trinajstić information content (AvgIpc) is 3.12. The number of aryl methyl sites for hydroxylation is 1. The van der Waals surface area contributed by atoms with Gasteiger partial charge in [0.2, 0.25) is 0 Å². The normalized spacial score (nSPS) is 11.1. The van der Waals surface area contributed by atoms with Gasteiger partial charge in [0.1, 0.15) is 10.6 Å². The molecule has 124 valence electrons. The molecule has 0 saturated carbocycles. The molecule has 0 fully saturated rings. The van der Waals surface area contributed by atoms with Gasteiger partial charge in [0, 0.05) is 29.4 Å². The van der Waals surface area contributed by atoms with Crippen LogP contribution < -0.4 is 11.2 Å². The first-order valence-corrected chi connectivity index (χ1v) is 8.62. The third-order valence-electron chi connectivity index (χ3n) is 4.05. The van der Waals surface area contributed by atoms with Crippen LogP contribution in [0, 0.1) is 6.92 Å². The van der Waals surface area contributed by atoms with Crippen LogP contribution in [0.4, 0.5) is 0 Å². The molecule has 3 aromatic heterocycles. The molecule has 0 saturated heterocycles. The molecule has 0 radical (unpaired) electrons. The van der Waals surface area contributed by atoms with Gasteiger partial charge in [-0.1, -0.05) is 24.3 Å². The standard InChI is InChI=1S/C19H14N2O3S/c1-12-10-16(22)24-15-6-8-21(19(23)17(12)15)11-13-2-4-14(5-3-13)18-20-7-9-25-18/h2-10H,11H2,1H3. The lowest BCUT2D eigenvalue weighted by Gasteiger charge is -2.08. The Morgan fingerprint density at radius 3 is 2.68 bits per heavy atom. The molecule has 4 rings (SSSR count). The summed E-state index contributed by atoms with van der Waals surface area (Å²) in [6.07, 6.45) is 3.44. The van der Waals surface area contributed by atoms with Crippen LogP contribution in [0.2, 0.25) is 0 Å². The molecule has 0 aliphatic heterocycles. The van der Waals surface area contributed by atoms with Gasteiger partial charge < -0.3 is 8.98 Å². The Morgan fingerprint density at radius 2 is 1.96 bits per heavy atom. The summed E-state index contributed by atoms with van der Waals surface area (Å²) < 4.78 is 6.73. The number of thiazole rings is 1. The van der Waals surface area contributed by atoms with E-state index in [9.17, 15) is 9.59 Å². The molecule has 25 heavy (non-hydrogen) atoms. The Morgan fingerprint density at radius 1 is 1.16 bits per heavy atom. The molecule has 5 nitrogen and oxygen atoms in total.